The average Bonchev–Trinajstić information content (AvgIpc) is 2.89. The van der Waals surface area contributed by atoms with Crippen molar-refractivity contribution in [3.63, 3.8) is 0 Å². The average molecular weight is 336 g/mol. The van der Waals surface area contributed by atoms with Crippen LogP contribution in [0, 0.1) is 6.92 Å². The first-order valence-electron chi connectivity index (χ1n) is 9.72. The minimum atomic E-state index is 0.562. The quantitative estimate of drug-likeness (QED) is 0.839. The summed E-state index contributed by atoms with van der Waals surface area (Å²) in [5, 5.41) is 3.68. The SMILES string of the molecule is Cc1nc(NC2CCCCCC2)cc(N2CCc3ccccc3C2)n1. The Labute approximate surface area is 150 Å². The summed E-state index contributed by atoms with van der Waals surface area (Å²) < 4.78 is 0. The van der Waals surface area contributed by atoms with Gasteiger partial charge in [0.1, 0.15) is 17.5 Å². The topological polar surface area (TPSA) is 41.1 Å². The number of aryl methyl sites for hydroxylation is 1. The Hall–Kier alpha value is -2.10. The first kappa shape index (κ1) is 16.4. The molecular formula is C21H28N4. The van der Waals surface area contributed by atoms with Gasteiger partial charge >= 0.3 is 0 Å². The maximum Gasteiger partial charge on any atom is 0.134 e. The highest BCUT2D eigenvalue weighted by Gasteiger charge is 2.19. The standard InChI is InChI=1S/C21H28N4/c1-16-22-20(24-19-10-4-2-3-5-11-19)14-21(23-16)25-13-12-17-8-6-7-9-18(17)15-25/h6-9,14,19H,2-5,10-13,15H2,1H3,(H,22,23,24). The van der Waals surface area contributed by atoms with Gasteiger partial charge in [0.25, 0.3) is 0 Å². The maximum atomic E-state index is 4.72. The Kier molecular flexibility index (Phi) is 4.86. The van der Waals surface area contributed by atoms with Crippen LogP contribution < -0.4 is 10.2 Å². The van der Waals surface area contributed by atoms with Gasteiger partial charge in [0.05, 0.1) is 0 Å². The lowest BCUT2D eigenvalue weighted by Crippen LogP contribution is -2.31. The van der Waals surface area contributed by atoms with Crippen LogP contribution in [-0.2, 0) is 13.0 Å². The highest BCUT2D eigenvalue weighted by atomic mass is 15.2. The number of hydrogen-bond acceptors (Lipinski definition) is 4. The molecule has 0 saturated heterocycles. The molecule has 132 valence electrons. The summed E-state index contributed by atoms with van der Waals surface area (Å²) in [5.74, 6) is 2.90. The third kappa shape index (κ3) is 3.94. The monoisotopic (exact) mass is 336 g/mol. The predicted octanol–water partition coefficient (Wildman–Crippen LogP) is 4.48. The molecule has 2 heterocycles. The number of rotatable bonds is 3. The van der Waals surface area contributed by atoms with E-state index in [0.717, 1.165) is 37.0 Å². The lowest BCUT2D eigenvalue weighted by Gasteiger charge is -2.30. The van der Waals surface area contributed by atoms with Crippen LogP contribution in [0.25, 0.3) is 0 Å². The van der Waals surface area contributed by atoms with Gasteiger partial charge in [0, 0.05) is 25.2 Å². The normalized spacial score (nSPS) is 18.5. The van der Waals surface area contributed by atoms with Crippen molar-refractivity contribution in [2.45, 2.75) is 64.5 Å². The van der Waals surface area contributed by atoms with Crippen LogP contribution in [0.2, 0.25) is 0 Å². The van der Waals surface area contributed by atoms with E-state index in [4.69, 9.17) is 4.98 Å². The number of nitrogens with one attached hydrogen (secondary N) is 1. The second-order valence-corrected chi connectivity index (χ2v) is 7.43. The molecule has 2 aliphatic rings. The summed E-state index contributed by atoms with van der Waals surface area (Å²) in [6, 6.07) is 11.5. The van der Waals surface area contributed by atoms with Gasteiger partial charge in [-0.05, 0) is 37.3 Å². The van der Waals surface area contributed by atoms with Crippen LogP contribution in [0.4, 0.5) is 11.6 Å². The molecule has 0 bridgehead atoms. The molecule has 4 nitrogen and oxygen atoms in total. The maximum absolute atomic E-state index is 4.72. The number of nitrogens with zero attached hydrogens (tertiary/aromatic N) is 3. The van der Waals surface area contributed by atoms with Crippen LogP contribution in [-0.4, -0.2) is 22.6 Å². The lowest BCUT2D eigenvalue weighted by molar-refractivity contribution is 0.616. The fourth-order valence-corrected chi connectivity index (χ4v) is 4.11. The first-order valence-corrected chi connectivity index (χ1v) is 9.72. The van der Waals surface area contributed by atoms with E-state index in [9.17, 15) is 0 Å². The van der Waals surface area contributed by atoms with Gasteiger partial charge in [-0.25, -0.2) is 9.97 Å². The van der Waals surface area contributed by atoms with Gasteiger partial charge in [0.15, 0.2) is 0 Å². The van der Waals surface area contributed by atoms with Crippen molar-refractivity contribution in [2.75, 3.05) is 16.8 Å². The highest BCUT2D eigenvalue weighted by Crippen LogP contribution is 2.26. The smallest absolute Gasteiger partial charge is 0.134 e. The Balaban J connectivity index is 1.51. The fraction of sp³-hybridized carbons (Fsp3) is 0.524. The molecule has 25 heavy (non-hydrogen) atoms. The van der Waals surface area contributed by atoms with E-state index in [1.54, 1.807) is 0 Å². The molecule has 1 aliphatic heterocycles. The predicted molar refractivity (Wildman–Crippen MR) is 103 cm³/mol. The second-order valence-electron chi connectivity index (χ2n) is 7.43. The third-order valence-corrected chi connectivity index (χ3v) is 5.49. The molecule has 1 N–H and O–H groups in total. The van der Waals surface area contributed by atoms with E-state index in [-0.39, 0.29) is 0 Å². The molecule has 2 aromatic rings. The van der Waals surface area contributed by atoms with Crippen LogP contribution >= 0.6 is 0 Å². The Morgan fingerprint density at radius 1 is 1.00 bits per heavy atom. The van der Waals surface area contributed by atoms with Crippen molar-refractivity contribution < 1.29 is 0 Å². The number of aromatic nitrogens is 2. The van der Waals surface area contributed by atoms with E-state index in [1.807, 2.05) is 6.92 Å². The molecule has 1 aromatic carbocycles. The number of anilines is 2. The van der Waals surface area contributed by atoms with Crippen LogP contribution in [0.1, 0.15) is 55.5 Å². The van der Waals surface area contributed by atoms with Gasteiger partial charge in [-0.3, -0.25) is 0 Å². The number of fused-ring (bicyclic) bond motifs is 1. The van der Waals surface area contributed by atoms with Gasteiger partial charge in [-0.15, -0.1) is 0 Å². The zero-order valence-corrected chi connectivity index (χ0v) is 15.2. The minimum absolute atomic E-state index is 0.562. The third-order valence-electron chi connectivity index (χ3n) is 5.49. The van der Waals surface area contributed by atoms with Crippen LogP contribution in [0.5, 0.6) is 0 Å². The van der Waals surface area contributed by atoms with Gasteiger partial charge in [-0.2, -0.15) is 0 Å². The zero-order chi connectivity index (χ0) is 17.1. The Morgan fingerprint density at radius 2 is 1.76 bits per heavy atom. The van der Waals surface area contributed by atoms with Crippen molar-refractivity contribution in [1.29, 1.82) is 0 Å². The molecule has 1 aliphatic carbocycles. The second kappa shape index (κ2) is 7.42. The van der Waals surface area contributed by atoms with E-state index in [0.29, 0.717) is 6.04 Å². The summed E-state index contributed by atoms with van der Waals surface area (Å²) in [5.41, 5.74) is 2.89. The van der Waals surface area contributed by atoms with Crippen molar-refractivity contribution in [2.24, 2.45) is 0 Å². The Bertz CT molecular complexity index is 720. The molecule has 0 spiro atoms. The molecule has 4 heteroatoms. The molecular weight excluding hydrogens is 308 g/mol. The van der Waals surface area contributed by atoms with Crippen molar-refractivity contribution in [3.8, 4) is 0 Å². The van der Waals surface area contributed by atoms with Crippen LogP contribution in [0.3, 0.4) is 0 Å². The highest BCUT2D eigenvalue weighted by molar-refractivity contribution is 5.51. The van der Waals surface area contributed by atoms with Crippen molar-refractivity contribution in [3.05, 3.63) is 47.3 Å². The molecule has 1 fully saturated rings. The minimum Gasteiger partial charge on any atom is -0.367 e. The zero-order valence-electron chi connectivity index (χ0n) is 15.2. The molecule has 0 radical (unpaired) electrons. The van der Waals surface area contributed by atoms with Crippen LogP contribution in [0.15, 0.2) is 30.3 Å². The van der Waals surface area contributed by atoms with E-state index < -0.39 is 0 Å². The molecule has 4 rings (SSSR count). The van der Waals surface area contributed by atoms with Gasteiger partial charge in [-0.1, -0.05) is 49.9 Å². The summed E-state index contributed by atoms with van der Waals surface area (Å²) in [6.07, 6.45) is 9.02. The summed E-state index contributed by atoms with van der Waals surface area (Å²) in [6.45, 7) is 3.96. The summed E-state index contributed by atoms with van der Waals surface area (Å²) in [4.78, 5) is 11.7. The van der Waals surface area contributed by atoms with Crippen molar-refractivity contribution in [1.82, 2.24) is 9.97 Å². The first-order chi connectivity index (χ1) is 12.3. The summed E-state index contributed by atoms with van der Waals surface area (Å²) in [7, 11) is 0. The number of benzene rings is 1. The molecule has 1 aromatic heterocycles. The molecule has 0 amide bonds. The molecule has 0 atom stereocenters. The molecule has 0 unspecified atom stereocenters. The lowest BCUT2D eigenvalue weighted by atomic mass is 10.00. The van der Waals surface area contributed by atoms with Gasteiger partial charge in [0.2, 0.25) is 0 Å². The van der Waals surface area contributed by atoms with E-state index in [1.165, 1.54) is 49.7 Å². The summed E-state index contributed by atoms with van der Waals surface area (Å²) >= 11 is 0. The Morgan fingerprint density at radius 3 is 2.56 bits per heavy atom. The van der Waals surface area contributed by atoms with E-state index in [2.05, 4.69) is 45.5 Å². The number of hydrogen-bond donors (Lipinski definition) is 1. The largest absolute Gasteiger partial charge is 0.367 e. The van der Waals surface area contributed by atoms with Crippen molar-refractivity contribution >= 4 is 11.6 Å². The molecule has 1 saturated carbocycles. The van der Waals surface area contributed by atoms with Gasteiger partial charge < -0.3 is 10.2 Å². The van der Waals surface area contributed by atoms with E-state index >= 15 is 0 Å². The fourth-order valence-electron chi connectivity index (χ4n) is 4.11.